The van der Waals surface area contributed by atoms with Crippen molar-refractivity contribution in [2.24, 2.45) is 0 Å². The molecule has 1 aromatic carbocycles. The number of thiophene rings is 1. The van der Waals surface area contributed by atoms with Crippen LogP contribution in [0.4, 0.5) is 0 Å². The fourth-order valence-electron chi connectivity index (χ4n) is 1.81. The van der Waals surface area contributed by atoms with Crippen molar-refractivity contribution in [1.29, 1.82) is 5.26 Å². The minimum absolute atomic E-state index is 0.233. The zero-order chi connectivity index (χ0) is 14.9. The zero-order valence-electron chi connectivity index (χ0n) is 11.7. The van der Waals surface area contributed by atoms with Gasteiger partial charge in [0.05, 0.1) is 11.6 Å². The number of benzene rings is 1. The minimum atomic E-state index is -0.553. The second-order valence-corrected chi connectivity index (χ2v) is 5.47. The standard InChI is InChI=1S/C16H18N2O2S/c17-9-13-1-3-16(4-2-13)20-11-15(19)10-18-7-5-14-6-8-21-12-14/h1-4,6,8,12,15,18-19H,5,7,10-11H2. The number of nitrogens with zero attached hydrogens (tertiary/aromatic N) is 1. The number of rotatable bonds is 8. The van der Waals surface area contributed by atoms with Crippen LogP contribution < -0.4 is 10.1 Å². The first-order valence-corrected chi connectivity index (χ1v) is 7.75. The highest BCUT2D eigenvalue weighted by molar-refractivity contribution is 7.07. The van der Waals surface area contributed by atoms with Gasteiger partial charge in [0, 0.05) is 6.54 Å². The second-order valence-electron chi connectivity index (χ2n) is 4.69. The van der Waals surface area contributed by atoms with Crippen LogP contribution in [0.5, 0.6) is 5.75 Å². The lowest BCUT2D eigenvalue weighted by molar-refractivity contribution is 0.106. The average molecular weight is 302 g/mol. The molecule has 0 saturated carbocycles. The summed E-state index contributed by atoms with van der Waals surface area (Å²) >= 11 is 1.69. The molecule has 0 amide bonds. The Labute approximate surface area is 128 Å². The molecule has 0 aliphatic carbocycles. The monoisotopic (exact) mass is 302 g/mol. The maximum absolute atomic E-state index is 9.83. The summed E-state index contributed by atoms with van der Waals surface area (Å²) in [5, 5.41) is 25.9. The molecule has 0 spiro atoms. The van der Waals surface area contributed by atoms with E-state index in [4.69, 9.17) is 10.00 Å². The van der Waals surface area contributed by atoms with Gasteiger partial charge >= 0.3 is 0 Å². The molecule has 1 unspecified atom stereocenters. The number of hydrogen-bond acceptors (Lipinski definition) is 5. The highest BCUT2D eigenvalue weighted by Gasteiger charge is 2.05. The van der Waals surface area contributed by atoms with Crippen LogP contribution in [0.1, 0.15) is 11.1 Å². The highest BCUT2D eigenvalue weighted by Crippen LogP contribution is 2.11. The topological polar surface area (TPSA) is 65.3 Å². The molecule has 21 heavy (non-hydrogen) atoms. The van der Waals surface area contributed by atoms with E-state index >= 15 is 0 Å². The Bertz CT molecular complexity index is 561. The summed E-state index contributed by atoms with van der Waals surface area (Å²) in [6.07, 6.45) is 0.412. The summed E-state index contributed by atoms with van der Waals surface area (Å²) in [5.41, 5.74) is 1.91. The van der Waals surface area contributed by atoms with Crippen LogP contribution in [-0.2, 0) is 6.42 Å². The van der Waals surface area contributed by atoms with Gasteiger partial charge in [0.25, 0.3) is 0 Å². The van der Waals surface area contributed by atoms with Crippen molar-refractivity contribution >= 4 is 11.3 Å². The van der Waals surface area contributed by atoms with Gasteiger partial charge in [0.1, 0.15) is 18.5 Å². The maximum Gasteiger partial charge on any atom is 0.119 e. The molecule has 1 atom stereocenters. The number of aliphatic hydroxyl groups is 1. The zero-order valence-corrected chi connectivity index (χ0v) is 12.5. The fraction of sp³-hybridized carbons (Fsp3) is 0.312. The second kappa shape index (κ2) is 8.42. The number of nitrogens with one attached hydrogen (secondary N) is 1. The summed E-state index contributed by atoms with van der Waals surface area (Å²) in [7, 11) is 0. The van der Waals surface area contributed by atoms with Gasteiger partial charge in [-0.05, 0) is 59.6 Å². The van der Waals surface area contributed by atoms with Crippen LogP contribution in [0.3, 0.4) is 0 Å². The third-order valence-corrected chi connectivity index (χ3v) is 3.71. The Morgan fingerprint density at radius 3 is 2.76 bits per heavy atom. The lowest BCUT2D eigenvalue weighted by atomic mass is 10.2. The first-order chi connectivity index (χ1) is 10.3. The molecule has 0 fully saturated rings. The van der Waals surface area contributed by atoms with Gasteiger partial charge in [-0.25, -0.2) is 0 Å². The summed E-state index contributed by atoms with van der Waals surface area (Å²) < 4.78 is 5.47. The molecule has 110 valence electrons. The maximum atomic E-state index is 9.83. The van der Waals surface area contributed by atoms with E-state index in [9.17, 15) is 5.11 Å². The Morgan fingerprint density at radius 1 is 1.29 bits per heavy atom. The van der Waals surface area contributed by atoms with Crippen molar-refractivity contribution in [3.63, 3.8) is 0 Å². The van der Waals surface area contributed by atoms with Crippen molar-refractivity contribution in [3.05, 3.63) is 52.2 Å². The van der Waals surface area contributed by atoms with Crippen LogP contribution in [0.2, 0.25) is 0 Å². The summed E-state index contributed by atoms with van der Waals surface area (Å²) in [5.74, 6) is 0.659. The Balaban J connectivity index is 1.60. The summed E-state index contributed by atoms with van der Waals surface area (Å²) in [6.45, 7) is 1.57. The first-order valence-electron chi connectivity index (χ1n) is 6.81. The molecular formula is C16H18N2O2S. The molecule has 0 radical (unpaired) electrons. The molecule has 0 saturated heterocycles. The van der Waals surface area contributed by atoms with Crippen LogP contribution in [-0.4, -0.2) is 30.9 Å². The van der Waals surface area contributed by atoms with Gasteiger partial charge in [0.2, 0.25) is 0 Å². The van der Waals surface area contributed by atoms with Gasteiger partial charge in [0.15, 0.2) is 0 Å². The predicted octanol–water partition coefficient (Wildman–Crippen LogP) is 2.19. The molecule has 0 bridgehead atoms. The molecule has 5 heteroatoms. The van der Waals surface area contributed by atoms with Crippen molar-refractivity contribution in [3.8, 4) is 11.8 Å². The summed E-state index contributed by atoms with van der Waals surface area (Å²) in [4.78, 5) is 0. The molecule has 4 nitrogen and oxygen atoms in total. The molecule has 2 rings (SSSR count). The lowest BCUT2D eigenvalue weighted by Gasteiger charge is -2.13. The Morgan fingerprint density at radius 2 is 2.10 bits per heavy atom. The quantitative estimate of drug-likeness (QED) is 0.734. The van der Waals surface area contributed by atoms with Gasteiger partial charge in [-0.15, -0.1) is 0 Å². The van der Waals surface area contributed by atoms with E-state index in [1.54, 1.807) is 35.6 Å². The van der Waals surface area contributed by atoms with E-state index in [2.05, 4.69) is 28.2 Å². The number of nitriles is 1. The van der Waals surface area contributed by atoms with Crippen LogP contribution in [0.15, 0.2) is 41.1 Å². The van der Waals surface area contributed by atoms with E-state index in [0.717, 1.165) is 13.0 Å². The molecule has 0 aliphatic rings. The third kappa shape index (κ3) is 5.56. The van der Waals surface area contributed by atoms with Gasteiger partial charge in [-0.2, -0.15) is 16.6 Å². The number of hydrogen-bond donors (Lipinski definition) is 2. The molecule has 0 aliphatic heterocycles. The smallest absolute Gasteiger partial charge is 0.119 e. The van der Waals surface area contributed by atoms with E-state index in [1.165, 1.54) is 5.56 Å². The van der Waals surface area contributed by atoms with Crippen molar-refractivity contribution in [2.45, 2.75) is 12.5 Å². The number of ether oxygens (including phenoxy) is 1. The van der Waals surface area contributed by atoms with Crippen molar-refractivity contribution < 1.29 is 9.84 Å². The predicted molar refractivity (Wildman–Crippen MR) is 83.6 cm³/mol. The van der Waals surface area contributed by atoms with Crippen LogP contribution >= 0.6 is 11.3 Å². The van der Waals surface area contributed by atoms with Gasteiger partial charge in [-0.3, -0.25) is 0 Å². The number of aliphatic hydroxyl groups excluding tert-OH is 1. The Kier molecular flexibility index (Phi) is 6.22. The van der Waals surface area contributed by atoms with E-state index in [1.807, 2.05) is 0 Å². The third-order valence-electron chi connectivity index (χ3n) is 2.98. The van der Waals surface area contributed by atoms with Crippen LogP contribution in [0.25, 0.3) is 0 Å². The normalized spacial score (nSPS) is 11.8. The molecular weight excluding hydrogens is 284 g/mol. The lowest BCUT2D eigenvalue weighted by Crippen LogP contribution is -2.32. The van der Waals surface area contributed by atoms with Gasteiger partial charge < -0.3 is 15.2 Å². The molecule has 1 aromatic heterocycles. The van der Waals surface area contributed by atoms with E-state index < -0.39 is 6.10 Å². The van der Waals surface area contributed by atoms with Crippen molar-refractivity contribution in [2.75, 3.05) is 19.7 Å². The molecule has 1 heterocycles. The van der Waals surface area contributed by atoms with Crippen molar-refractivity contribution in [1.82, 2.24) is 5.32 Å². The SMILES string of the molecule is N#Cc1ccc(OCC(O)CNCCc2ccsc2)cc1. The van der Waals surface area contributed by atoms with E-state index in [0.29, 0.717) is 17.9 Å². The average Bonchev–Trinajstić information content (AvgIpc) is 3.03. The molecule has 2 aromatic rings. The van der Waals surface area contributed by atoms with E-state index in [-0.39, 0.29) is 6.61 Å². The minimum Gasteiger partial charge on any atom is -0.491 e. The highest BCUT2D eigenvalue weighted by atomic mass is 32.1. The Hall–Kier alpha value is -1.87. The molecule has 2 N–H and O–H groups in total. The first kappa shape index (κ1) is 15.5. The van der Waals surface area contributed by atoms with Crippen LogP contribution in [0, 0.1) is 11.3 Å². The fourth-order valence-corrected chi connectivity index (χ4v) is 2.52. The summed E-state index contributed by atoms with van der Waals surface area (Å²) in [6, 6.07) is 11.0. The van der Waals surface area contributed by atoms with Gasteiger partial charge in [-0.1, -0.05) is 0 Å². The largest absolute Gasteiger partial charge is 0.491 e.